The highest BCUT2D eigenvalue weighted by molar-refractivity contribution is 7.89. The van der Waals surface area contributed by atoms with Gasteiger partial charge >= 0.3 is 12.1 Å². The standard InChI is InChI=1S/C25H19F3N2O5S2/c1-12(2)22(24(31)32)30-37(33,34)15-5-7-17-16-6-3-13(9-19(16)35-20(17)11-15)23-29-18-8-4-14(25(26,27)28)10-21(18)36-23/h3-12,22,30H,1-2H3,(H,31,32)/t22-/m0/s1. The number of aliphatic carboxylic acids is 1. The molecule has 192 valence electrons. The molecule has 12 heteroatoms. The van der Waals surface area contributed by atoms with Crippen LogP contribution in [-0.4, -0.2) is 30.5 Å². The Kier molecular flexibility index (Phi) is 6.00. The number of benzene rings is 3. The number of furan rings is 1. The van der Waals surface area contributed by atoms with E-state index in [2.05, 4.69) is 9.71 Å². The monoisotopic (exact) mass is 548 g/mol. The number of carboxylic acids is 1. The molecule has 37 heavy (non-hydrogen) atoms. The van der Waals surface area contributed by atoms with E-state index in [9.17, 15) is 31.5 Å². The van der Waals surface area contributed by atoms with Gasteiger partial charge in [-0.1, -0.05) is 19.9 Å². The fourth-order valence-corrected chi connectivity index (χ4v) is 6.34. The van der Waals surface area contributed by atoms with Gasteiger partial charge in [-0.25, -0.2) is 13.4 Å². The van der Waals surface area contributed by atoms with E-state index in [0.717, 1.165) is 23.5 Å². The molecule has 7 nitrogen and oxygen atoms in total. The molecule has 2 N–H and O–H groups in total. The van der Waals surface area contributed by atoms with Gasteiger partial charge in [-0.3, -0.25) is 4.79 Å². The summed E-state index contributed by atoms with van der Waals surface area (Å²) in [6.07, 6.45) is -4.45. The molecule has 0 unspecified atom stereocenters. The van der Waals surface area contributed by atoms with Gasteiger partial charge in [-0.15, -0.1) is 11.3 Å². The van der Waals surface area contributed by atoms with Crippen molar-refractivity contribution in [1.82, 2.24) is 9.71 Å². The minimum Gasteiger partial charge on any atom is -0.480 e. The van der Waals surface area contributed by atoms with Crippen LogP contribution in [0.2, 0.25) is 0 Å². The Labute approximate surface area is 212 Å². The van der Waals surface area contributed by atoms with Gasteiger partial charge in [0, 0.05) is 22.4 Å². The lowest BCUT2D eigenvalue weighted by molar-refractivity contribution is -0.140. The van der Waals surface area contributed by atoms with Crippen LogP contribution in [0.15, 0.2) is 63.9 Å². The molecule has 0 aliphatic heterocycles. The van der Waals surface area contributed by atoms with Crippen LogP contribution in [0.3, 0.4) is 0 Å². The summed E-state index contributed by atoms with van der Waals surface area (Å²) in [5.41, 5.74) is 1.06. The summed E-state index contributed by atoms with van der Waals surface area (Å²) in [6, 6.07) is 11.6. The molecule has 0 saturated heterocycles. The molecule has 0 radical (unpaired) electrons. The summed E-state index contributed by atoms with van der Waals surface area (Å²) in [6.45, 7) is 3.20. The molecular formula is C25H19F3N2O5S2. The predicted molar refractivity (Wildman–Crippen MR) is 134 cm³/mol. The fraction of sp³-hybridized carbons (Fsp3) is 0.200. The van der Waals surface area contributed by atoms with Crippen molar-refractivity contribution in [3.8, 4) is 10.6 Å². The normalized spacial score (nSPS) is 13.7. The van der Waals surface area contributed by atoms with Gasteiger partial charge in [0.25, 0.3) is 0 Å². The first-order chi connectivity index (χ1) is 17.3. The average Bonchev–Trinajstić information content (AvgIpc) is 3.41. The number of sulfonamides is 1. The maximum atomic E-state index is 13.1. The molecule has 1 atom stereocenters. The molecule has 0 amide bonds. The number of aromatic nitrogens is 1. The van der Waals surface area contributed by atoms with Crippen LogP contribution in [0.4, 0.5) is 13.2 Å². The second-order valence-electron chi connectivity index (χ2n) is 8.85. The first-order valence-corrected chi connectivity index (χ1v) is 13.3. The molecule has 0 aliphatic carbocycles. The van der Waals surface area contributed by atoms with Gasteiger partial charge in [0.05, 0.1) is 20.7 Å². The van der Waals surface area contributed by atoms with Gasteiger partial charge < -0.3 is 9.52 Å². The van der Waals surface area contributed by atoms with Crippen LogP contribution < -0.4 is 4.72 Å². The Hall–Kier alpha value is -3.48. The molecule has 0 fully saturated rings. The quantitative estimate of drug-likeness (QED) is 0.259. The van der Waals surface area contributed by atoms with Crippen molar-refractivity contribution < 1.29 is 35.9 Å². The number of thiazole rings is 1. The Morgan fingerprint density at radius 3 is 2.35 bits per heavy atom. The Morgan fingerprint density at radius 1 is 1.03 bits per heavy atom. The highest BCUT2D eigenvalue weighted by Gasteiger charge is 2.31. The lowest BCUT2D eigenvalue weighted by atomic mass is 10.1. The number of nitrogens with zero attached hydrogens (tertiary/aromatic N) is 1. The molecular weight excluding hydrogens is 529 g/mol. The van der Waals surface area contributed by atoms with Gasteiger partial charge in [-0.2, -0.15) is 17.9 Å². The molecule has 0 aliphatic rings. The number of hydrogen-bond donors (Lipinski definition) is 2. The van der Waals surface area contributed by atoms with E-state index in [1.54, 1.807) is 38.1 Å². The van der Waals surface area contributed by atoms with Crippen LogP contribution in [0, 0.1) is 5.92 Å². The lowest BCUT2D eigenvalue weighted by Crippen LogP contribution is -2.44. The minimum atomic E-state index is -4.45. The first kappa shape index (κ1) is 25.2. The largest absolute Gasteiger partial charge is 0.480 e. The third-order valence-corrected chi connectivity index (χ3v) is 8.44. The van der Waals surface area contributed by atoms with Gasteiger partial charge in [0.2, 0.25) is 10.0 Å². The third-order valence-electron chi connectivity index (χ3n) is 5.93. The molecule has 0 bridgehead atoms. The fourth-order valence-electron chi connectivity index (χ4n) is 3.99. The van der Waals surface area contributed by atoms with Crippen molar-refractivity contribution >= 4 is 59.5 Å². The second-order valence-corrected chi connectivity index (χ2v) is 11.6. The van der Waals surface area contributed by atoms with E-state index in [0.29, 0.717) is 37.1 Å². The van der Waals surface area contributed by atoms with Crippen molar-refractivity contribution in [3.05, 3.63) is 60.2 Å². The van der Waals surface area contributed by atoms with E-state index >= 15 is 0 Å². The zero-order chi connectivity index (χ0) is 26.7. The summed E-state index contributed by atoms with van der Waals surface area (Å²) < 4.78 is 73.4. The highest BCUT2D eigenvalue weighted by atomic mass is 32.2. The van der Waals surface area contributed by atoms with E-state index in [1.807, 2.05) is 0 Å². The van der Waals surface area contributed by atoms with Gasteiger partial charge in [0.15, 0.2) is 0 Å². The second kappa shape index (κ2) is 8.82. The van der Waals surface area contributed by atoms with Crippen molar-refractivity contribution in [1.29, 1.82) is 0 Å². The van der Waals surface area contributed by atoms with E-state index < -0.39 is 39.7 Å². The van der Waals surface area contributed by atoms with E-state index in [4.69, 9.17) is 4.42 Å². The molecule has 2 aromatic heterocycles. The molecule has 2 heterocycles. The predicted octanol–water partition coefficient (Wildman–Crippen LogP) is 6.27. The summed E-state index contributed by atoms with van der Waals surface area (Å²) in [7, 11) is -4.14. The summed E-state index contributed by atoms with van der Waals surface area (Å²) in [5, 5.41) is 11.2. The van der Waals surface area contributed by atoms with Crippen molar-refractivity contribution in [2.75, 3.05) is 0 Å². The van der Waals surface area contributed by atoms with Crippen LogP contribution in [-0.2, 0) is 21.0 Å². The Balaban J connectivity index is 1.52. The maximum Gasteiger partial charge on any atom is 0.416 e. The third kappa shape index (κ3) is 4.67. The summed E-state index contributed by atoms with van der Waals surface area (Å²) in [5.74, 6) is -1.75. The highest BCUT2D eigenvalue weighted by Crippen LogP contribution is 2.38. The average molecular weight is 549 g/mol. The number of carbonyl (C=O) groups is 1. The Bertz CT molecular complexity index is 1790. The maximum absolute atomic E-state index is 13.1. The topological polar surface area (TPSA) is 110 Å². The van der Waals surface area contributed by atoms with Gasteiger partial charge in [0.1, 0.15) is 22.2 Å². The van der Waals surface area contributed by atoms with Gasteiger partial charge in [-0.05, 0) is 48.4 Å². The van der Waals surface area contributed by atoms with Crippen LogP contribution in [0.1, 0.15) is 19.4 Å². The summed E-state index contributed by atoms with van der Waals surface area (Å²) in [4.78, 5) is 15.7. The van der Waals surface area contributed by atoms with Crippen molar-refractivity contribution in [3.63, 3.8) is 0 Å². The number of halogens is 3. The van der Waals surface area contributed by atoms with E-state index in [1.165, 1.54) is 18.2 Å². The molecule has 0 spiro atoms. The molecule has 5 aromatic rings. The van der Waals surface area contributed by atoms with Crippen LogP contribution >= 0.6 is 11.3 Å². The molecule has 5 rings (SSSR count). The summed E-state index contributed by atoms with van der Waals surface area (Å²) >= 11 is 1.12. The van der Waals surface area contributed by atoms with Crippen molar-refractivity contribution in [2.45, 2.75) is 31.0 Å². The zero-order valence-electron chi connectivity index (χ0n) is 19.3. The van der Waals surface area contributed by atoms with Crippen molar-refractivity contribution in [2.24, 2.45) is 5.92 Å². The number of nitrogens with one attached hydrogen (secondary N) is 1. The number of alkyl halides is 3. The number of fused-ring (bicyclic) bond motifs is 4. The number of hydrogen-bond acceptors (Lipinski definition) is 6. The smallest absolute Gasteiger partial charge is 0.416 e. The zero-order valence-corrected chi connectivity index (χ0v) is 21.0. The number of rotatable bonds is 6. The lowest BCUT2D eigenvalue weighted by Gasteiger charge is -2.17. The van der Waals surface area contributed by atoms with Crippen LogP contribution in [0.5, 0.6) is 0 Å². The SMILES string of the molecule is CC(C)[C@H](NS(=O)(=O)c1ccc2c(c1)oc1cc(-c3nc4ccc(C(F)(F)F)cc4s3)ccc12)C(=O)O. The molecule has 0 saturated carbocycles. The molecule has 3 aromatic carbocycles. The number of carboxylic acid groups (broad SMARTS) is 1. The minimum absolute atomic E-state index is 0.141. The Morgan fingerprint density at radius 2 is 1.70 bits per heavy atom. The first-order valence-electron chi connectivity index (χ1n) is 11.0. The van der Waals surface area contributed by atoms with Crippen LogP contribution in [0.25, 0.3) is 42.7 Å². The van der Waals surface area contributed by atoms with E-state index in [-0.39, 0.29) is 10.5 Å².